The van der Waals surface area contributed by atoms with Crippen LogP contribution in [-0.4, -0.2) is 12.9 Å². The summed E-state index contributed by atoms with van der Waals surface area (Å²) in [7, 11) is 0. The van der Waals surface area contributed by atoms with Gasteiger partial charge in [0.05, 0.1) is 6.61 Å². The molecule has 0 radical (unpaired) electrons. The minimum absolute atomic E-state index is 0.0566. The van der Waals surface area contributed by atoms with Crippen molar-refractivity contribution in [3.8, 4) is 5.75 Å². The molecule has 1 aromatic rings. The Morgan fingerprint density at radius 2 is 1.73 bits per heavy atom. The highest BCUT2D eigenvalue weighted by atomic mass is 16.7. The first kappa shape index (κ1) is 17.3. The Balaban J connectivity index is 2.11. The molecule has 1 aliphatic heterocycles. The normalized spacial score (nSPS) is 20.9. The second-order valence-corrected chi connectivity index (χ2v) is 8.81. The molecule has 0 N–H and O–H groups in total. The van der Waals surface area contributed by atoms with Crippen LogP contribution in [-0.2, 0) is 4.74 Å². The number of ether oxygens (including phenoxy) is 2. The van der Waals surface area contributed by atoms with Crippen LogP contribution in [0.1, 0.15) is 72.3 Å². The van der Waals surface area contributed by atoms with E-state index in [0.717, 1.165) is 25.2 Å². The summed E-state index contributed by atoms with van der Waals surface area (Å²) in [6.07, 6.45) is 3.22. The Labute approximate surface area is 136 Å². The molecule has 1 aliphatic rings. The molecule has 0 bridgehead atoms. The second kappa shape index (κ2) is 6.62. The van der Waals surface area contributed by atoms with E-state index in [9.17, 15) is 0 Å². The molecule has 2 heteroatoms. The minimum atomic E-state index is -0.0566. The highest BCUT2D eigenvalue weighted by molar-refractivity contribution is 5.30. The zero-order chi connectivity index (χ0) is 16.4. The van der Waals surface area contributed by atoms with E-state index in [1.807, 2.05) is 0 Å². The lowest BCUT2D eigenvalue weighted by Crippen LogP contribution is -2.23. The Bertz CT molecular complexity index is 456. The van der Waals surface area contributed by atoms with Gasteiger partial charge in [0, 0.05) is 6.42 Å². The summed E-state index contributed by atoms with van der Waals surface area (Å²) in [4.78, 5) is 0. The number of hydrogen-bond acceptors (Lipinski definition) is 2. The van der Waals surface area contributed by atoms with E-state index >= 15 is 0 Å². The average Bonchev–Trinajstić information content (AvgIpc) is 2.88. The molecule has 0 amide bonds. The summed E-state index contributed by atoms with van der Waals surface area (Å²) in [6, 6.07) is 8.65. The maximum Gasteiger partial charge on any atom is 0.199 e. The minimum Gasteiger partial charge on any atom is -0.465 e. The molecule has 0 aromatic heterocycles. The average molecular weight is 304 g/mol. The van der Waals surface area contributed by atoms with Crippen LogP contribution in [0, 0.1) is 10.8 Å². The van der Waals surface area contributed by atoms with Gasteiger partial charge in [-0.05, 0) is 47.3 Å². The predicted octanol–water partition coefficient (Wildman–Crippen LogP) is 5.77. The van der Waals surface area contributed by atoms with Crippen LogP contribution in [0.25, 0.3) is 0 Å². The van der Waals surface area contributed by atoms with E-state index in [1.54, 1.807) is 0 Å². The van der Waals surface area contributed by atoms with Crippen LogP contribution in [0.5, 0.6) is 5.75 Å². The Kier molecular flexibility index (Phi) is 5.21. The molecule has 124 valence electrons. The Morgan fingerprint density at radius 1 is 1.09 bits per heavy atom. The van der Waals surface area contributed by atoms with Crippen molar-refractivity contribution in [2.75, 3.05) is 6.61 Å². The first-order valence-electron chi connectivity index (χ1n) is 8.53. The Hall–Kier alpha value is -1.02. The fraction of sp³-hybridized carbons (Fsp3) is 0.700. The molecular formula is C20H32O2. The molecule has 2 rings (SSSR count). The quantitative estimate of drug-likeness (QED) is 0.703. The fourth-order valence-electron chi connectivity index (χ4n) is 3.11. The van der Waals surface area contributed by atoms with E-state index in [-0.39, 0.29) is 11.7 Å². The van der Waals surface area contributed by atoms with Crippen molar-refractivity contribution >= 4 is 0 Å². The van der Waals surface area contributed by atoms with Crippen LogP contribution in [0.3, 0.4) is 0 Å². The molecule has 1 aromatic carbocycles. The van der Waals surface area contributed by atoms with Crippen molar-refractivity contribution in [2.24, 2.45) is 10.8 Å². The topological polar surface area (TPSA) is 18.5 Å². The summed E-state index contributed by atoms with van der Waals surface area (Å²) in [5.74, 6) is 1.46. The van der Waals surface area contributed by atoms with Crippen molar-refractivity contribution in [3.05, 3.63) is 29.8 Å². The van der Waals surface area contributed by atoms with Gasteiger partial charge in [-0.25, -0.2) is 0 Å². The summed E-state index contributed by atoms with van der Waals surface area (Å²) >= 11 is 0. The van der Waals surface area contributed by atoms with Crippen LogP contribution in [0.4, 0.5) is 0 Å². The molecule has 0 aliphatic carbocycles. The highest BCUT2D eigenvalue weighted by Gasteiger charge is 2.30. The zero-order valence-corrected chi connectivity index (χ0v) is 15.1. The molecule has 22 heavy (non-hydrogen) atoms. The van der Waals surface area contributed by atoms with Gasteiger partial charge >= 0.3 is 0 Å². The summed E-state index contributed by atoms with van der Waals surface area (Å²) < 4.78 is 11.4. The predicted molar refractivity (Wildman–Crippen MR) is 92.3 cm³/mol. The third-order valence-electron chi connectivity index (χ3n) is 4.30. The molecule has 2 nitrogen and oxygen atoms in total. The van der Waals surface area contributed by atoms with Gasteiger partial charge in [-0.2, -0.15) is 0 Å². The van der Waals surface area contributed by atoms with Gasteiger partial charge in [0.1, 0.15) is 5.75 Å². The Morgan fingerprint density at radius 3 is 2.18 bits per heavy atom. The summed E-state index contributed by atoms with van der Waals surface area (Å²) in [5, 5.41) is 0. The lowest BCUT2D eigenvalue weighted by atomic mass is 9.69. The number of rotatable bonds is 4. The van der Waals surface area contributed by atoms with Crippen LogP contribution >= 0.6 is 0 Å². The monoisotopic (exact) mass is 304 g/mol. The maximum absolute atomic E-state index is 5.87. The first-order chi connectivity index (χ1) is 10.1. The zero-order valence-electron chi connectivity index (χ0n) is 15.1. The van der Waals surface area contributed by atoms with E-state index in [2.05, 4.69) is 65.8 Å². The van der Waals surface area contributed by atoms with E-state index in [1.165, 1.54) is 12.0 Å². The van der Waals surface area contributed by atoms with Gasteiger partial charge in [-0.3, -0.25) is 0 Å². The van der Waals surface area contributed by atoms with Gasteiger partial charge in [-0.15, -0.1) is 0 Å². The summed E-state index contributed by atoms with van der Waals surface area (Å²) in [5.41, 5.74) is 1.98. The van der Waals surface area contributed by atoms with Crippen molar-refractivity contribution in [3.63, 3.8) is 0 Å². The van der Waals surface area contributed by atoms with Gasteiger partial charge in [0.25, 0.3) is 0 Å². The molecule has 0 spiro atoms. The SMILES string of the molecule is CC(C)(C)CC(c1ccc(OC2CCCO2)cc1)C(C)(C)C. The van der Waals surface area contributed by atoms with E-state index < -0.39 is 0 Å². The first-order valence-corrected chi connectivity index (χ1v) is 8.53. The van der Waals surface area contributed by atoms with E-state index in [4.69, 9.17) is 9.47 Å². The third-order valence-corrected chi connectivity index (χ3v) is 4.30. The molecule has 1 saturated heterocycles. The van der Waals surface area contributed by atoms with Crippen LogP contribution in [0.15, 0.2) is 24.3 Å². The van der Waals surface area contributed by atoms with Crippen molar-refractivity contribution in [1.82, 2.24) is 0 Å². The van der Waals surface area contributed by atoms with Gasteiger partial charge < -0.3 is 9.47 Å². The molecule has 2 unspecified atom stereocenters. The molecular weight excluding hydrogens is 272 g/mol. The van der Waals surface area contributed by atoms with Gasteiger partial charge in [0.15, 0.2) is 6.29 Å². The van der Waals surface area contributed by atoms with Crippen molar-refractivity contribution in [1.29, 1.82) is 0 Å². The van der Waals surface area contributed by atoms with Gasteiger partial charge in [0.2, 0.25) is 0 Å². The maximum atomic E-state index is 5.87. The lowest BCUT2D eigenvalue weighted by molar-refractivity contribution is -0.0390. The van der Waals surface area contributed by atoms with Crippen LogP contribution < -0.4 is 4.74 Å². The molecule has 0 saturated carbocycles. The fourth-order valence-corrected chi connectivity index (χ4v) is 3.11. The summed E-state index contributed by atoms with van der Waals surface area (Å²) in [6.45, 7) is 14.8. The van der Waals surface area contributed by atoms with Gasteiger partial charge in [-0.1, -0.05) is 53.7 Å². The molecule has 2 atom stereocenters. The molecule has 1 heterocycles. The largest absolute Gasteiger partial charge is 0.465 e. The second-order valence-electron chi connectivity index (χ2n) is 8.81. The number of benzene rings is 1. The van der Waals surface area contributed by atoms with Crippen molar-refractivity contribution in [2.45, 2.75) is 73.0 Å². The van der Waals surface area contributed by atoms with Crippen LogP contribution in [0.2, 0.25) is 0 Å². The highest BCUT2D eigenvalue weighted by Crippen LogP contribution is 2.43. The molecule has 1 fully saturated rings. The lowest BCUT2D eigenvalue weighted by Gasteiger charge is -2.36. The van der Waals surface area contributed by atoms with E-state index in [0.29, 0.717) is 11.3 Å². The smallest absolute Gasteiger partial charge is 0.199 e. The third kappa shape index (κ3) is 5.01. The van der Waals surface area contributed by atoms with Crippen molar-refractivity contribution < 1.29 is 9.47 Å². The number of hydrogen-bond donors (Lipinski definition) is 0. The standard InChI is InChI=1S/C20H32O2/c1-19(2,3)14-17(20(4,5)6)15-9-11-16(12-10-15)22-18-8-7-13-21-18/h9-12,17-18H,7-8,13-14H2,1-6H3.